The summed E-state index contributed by atoms with van der Waals surface area (Å²) in [5.41, 5.74) is 7.80. The lowest BCUT2D eigenvalue weighted by Crippen LogP contribution is -2.37. The van der Waals surface area contributed by atoms with Gasteiger partial charge >= 0.3 is 0 Å². The van der Waals surface area contributed by atoms with Gasteiger partial charge in [-0.3, -0.25) is 4.79 Å². The molecule has 0 spiro atoms. The minimum Gasteiger partial charge on any atom is -0.490 e. The Kier molecular flexibility index (Phi) is 7.29. The van der Waals surface area contributed by atoms with Crippen LogP contribution in [-0.2, 0) is 11.2 Å². The molecule has 3 rings (SSSR count). The molecule has 1 amide bonds. The van der Waals surface area contributed by atoms with Crippen molar-refractivity contribution in [2.75, 3.05) is 5.32 Å². The Labute approximate surface area is 155 Å². The second-order valence-electron chi connectivity index (χ2n) is 6.34. The summed E-state index contributed by atoms with van der Waals surface area (Å²) in [5.74, 6) is 0.619. The van der Waals surface area contributed by atoms with Gasteiger partial charge in [-0.2, -0.15) is 0 Å². The second-order valence-corrected chi connectivity index (χ2v) is 6.34. The highest BCUT2D eigenvalue weighted by Crippen LogP contribution is 2.25. The van der Waals surface area contributed by atoms with Gasteiger partial charge in [0.15, 0.2) is 0 Å². The molecule has 134 valence electrons. The average molecular weight is 361 g/mol. The Morgan fingerprint density at radius 1 is 1.12 bits per heavy atom. The number of hydrogen-bond acceptors (Lipinski definition) is 3. The van der Waals surface area contributed by atoms with E-state index in [9.17, 15) is 4.79 Å². The summed E-state index contributed by atoms with van der Waals surface area (Å²) in [4.78, 5) is 12.3. The van der Waals surface area contributed by atoms with Gasteiger partial charge in [0.05, 0.1) is 12.1 Å². The zero-order valence-electron chi connectivity index (χ0n) is 14.2. The molecule has 0 aromatic heterocycles. The summed E-state index contributed by atoms with van der Waals surface area (Å²) in [6.07, 6.45) is 5.50. The minimum atomic E-state index is -0.577. The predicted octanol–water partition coefficient (Wildman–Crippen LogP) is 3.94. The molecule has 1 atom stereocenters. The van der Waals surface area contributed by atoms with E-state index >= 15 is 0 Å². The van der Waals surface area contributed by atoms with Crippen LogP contribution in [0.25, 0.3) is 0 Å². The summed E-state index contributed by atoms with van der Waals surface area (Å²) < 4.78 is 5.97. The van der Waals surface area contributed by atoms with Crippen LogP contribution in [0.5, 0.6) is 5.75 Å². The van der Waals surface area contributed by atoms with Gasteiger partial charge in [-0.1, -0.05) is 36.4 Å². The molecule has 1 aliphatic carbocycles. The van der Waals surface area contributed by atoms with Crippen molar-refractivity contribution in [1.29, 1.82) is 0 Å². The van der Waals surface area contributed by atoms with Crippen LogP contribution in [0.15, 0.2) is 54.6 Å². The number of benzene rings is 2. The van der Waals surface area contributed by atoms with Gasteiger partial charge in [0.1, 0.15) is 5.75 Å². The van der Waals surface area contributed by atoms with E-state index in [-0.39, 0.29) is 18.3 Å². The molecule has 1 saturated carbocycles. The molecule has 2 aromatic rings. The highest BCUT2D eigenvalue weighted by atomic mass is 35.5. The van der Waals surface area contributed by atoms with Crippen LogP contribution in [-0.4, -0.2) is 18.1 Å². The van der Waals surface area contributed by atoms with Gasteiger partial charge < -0.3 is 15.8 Å². The first-order valence-electron chi connectivity index (χ1n) is 8.58. The number of hydrogen-bond donors (Lipinski definition) is 2. The molecule has 0 unspecified atom stereocenters. The first kappa shape index (κ1) is 19.3. The van der Waals surface area contributed by atoms with Crippen LogP contribution in [0.1, 0.15) is 31.2 Å². The standard InChI is InChI=1S/C20H24N2O2.ClH/c21-19(13-15-7-2-1-3-8-15)20(23)22-16-9-6-12-18(14-16)24-17-10-4-5-11-17;/h1-3,6-9,12,14,17,19H,4-5,10-11,13,21H2,(H,22,23);1H/t19-;/m0./s1. The number of rotatable bonds is 6. The van der Waals surface area contributed by atoms with Gasteiger partial charge in [-0.25, -0.2) is 0 Å². The molecule has 0 heterocycles. The van der Waals surface area contributed by atoms with Crippen LogP contribution < -0.4 is 15.8 Å². The molecule has 1 fully saturated rings. The van der Waals surface area contributed by atoms with Crippen LogP contribution in [0.3, 0.4) is 0 Å². The number of nitrogens with one attached hydrogen (secondary N) is 1. The molecule has 2 aromatic carbocycles. The lowest BCUT2D eigenvalue weighted by Gasteiger charge is -2.15. The number of halogens is 1. The topological polar surface area (TPSA) is 64.4 Å². The molecule has 1 aliphatic rings. The lowest BCUT2D eigenvalue weighted by atomic mass is 10.1. The van der Waals surface area contributed by atoms with Crippen molar-refractivity contribution in [3.63, 3.8) is 0 Å². The van der Waals surface area contributed by atoms with Gasteiger partial charge in [-0.05, 0) is 49.8 Å². The van der Waals surface area contributed by atoms with E-state index in [1.54, 1.807) is 0 Å². The SMILES string of the molecule is Cl.N[C@@H](Cc1ccccc1)C(=O)Nc1cccc(OC2CCCC2)c1. The predicted molar refractivity (Wildman–Crippen MR) is 103 cm³/mol. The maximum atomic E-state index is 12.3. The van der Waals surface area contributed by atoms with Crippen LogP contribution in [0, 0.1) is 0 Å². The Hall–Kier alpha value is -2.04. The quantitative estimate of drug-likeness (QED) is 0.820. The van der Waals surface area contributed by atoms with E-state index in [0.29, 0.717) is 12.5 Å². The zero-order chi connectivity index (χ0) is 16.8. The molecule has 4 nitrogen and oxygen atoms in total. The molecule has 25 heavy (non-hydrogen) atoms. The summed E-state index contributed by atoms with van der Waals surface area (Å²) in [6.45, 7) is 0. The fourth-order valence-electron chi connectivity index (χ4n) is 3.04. The molecule has 0 saturated heterocycles. The number of anilines is 1. The number of carbonyl (C=O) groups is 1. The number of carbonyl (C=O) groups excluding carboxylic acids is 1. The highest BCUT2D eigenvalue weighted by Gasteiger charge is 2.17. The monoisotopic (exact) mass is 360 g/mol. The van der Waals surface area contributed by atoms with Crippen molar-refractivity contribution in [1.82, 2.24) is 0 Å². The van der Waals surface area contributed by atoms with E-state index in [0.717, 1.165) is 29.8 Å². The van der Waals surface area contributed by atoms with E-state index in [4.69, 9.17) is 10.5 Å². The summed E-state index contributed by atoms with van der Waals surface area (Å²) in [7, 11) is 0. The molecule has 0 aliphatic heterocycles. The third kappa shape index (κ3) is 5.76. The molecule has 0 radical (unpaired) electrons. The van der Waals surface area contributed by atoms with E-state index in [1.165, 1.54) is 12.8 Å². The van der Waals surface area contributed by atoms with E-state index in [2.05, 4.69) is 5.32 Å². The Morgan fingerprint density at radius 3 is 2.56 bits per heavy atom. The number of nitrogens with two attached hydrogens (primary N) is 1. The van der Waals surface area contributed by atoms with Gasteiger partial charge in [0.25, 0.3) is 0 Å². The fourth-order valence-corrected chi connectivity index (χ4v) is 3.04. The smallest absolute Gasteiger partial charge is 0.241 e. The molecule has 0 bridgehead atoms. The molecule has 5 heteroatoms. The minimum absolute atomic E-state index is 0. The number of amides is 1. The zero-order valence-corrected chi connectivity index (χ0v) is 15.0. The Balaban J connectivity index is 0.00000225. The Morgan fingerprint density at radius 2 is 1.84 bits per heavy atom. The van der Waals surface area contributed by atoms with E-state index < -0.39 is 6.04 Å². The van der Waals surface area contributed by atoms with Crippen molar-refractivity contribution >= 4 is 24.0 Å². The van der Waals surface area contributed by atoms with Crippen LogP contribution in [0.4, 0.5) is 5.69 Å². The van der Waals surface area contributed by atoms with E-state index in [1.807, 2.05) is 54.6 Å². The van der Waals surface area contributed by atoms with Crippen LogP contribution >= 0.6 is 12.4 Å². The third-order valence-corrected chi connectivity index (χ3v) is 4.34. The maximum absolute atomic E-state index is 12.3. The fraction of sp³-hybridized carbons (Fsp3) is 0.350. The Bertz CT molecular complexity index is 672. The van der Waals surface area contributed by atoms with Crippen molar-refractivity contribution in [3.8, 4) is 5.75 Å². The lowest BCUT2D eigenvalue weighted by molar-refractivity contribution is -0.117. The first-order chi connectivity index (χ1) is 11.7. The first-order valence-corrected chi connectivity index (χ1v) is 8.58. The van der Waals surface area contributed by atoms with Crippen molar-refractivity contribution < 1.29 is 9.53 Å². The highest BCUT2D eigenvalue weighted by molar-refractivity contribution is 5.95. The van der Waals surface area contributed by atoms with Gasteiger partial charge in [0, 0.05) is 11.8 Å². The molecular weight excluding hydrogens is 336 g/mol. The molecular formula is C20H25ClN2O2. The summed E-state index contributed by atoms with van der Waals surface area (Å²) >= 11 is 0. The largest absolute Gasteiger partial charge is 0.490 e. The summed E-state index contributed by atoms with van der Waals surface area (Å²) in [5, 5.41) is 2.88. The second kappa shape index (κ2) is 9.44. The molecule has 3 N–H and O–H groups in total. The van der Waals surface area contributed by atoms with Crippen molar-refractivity contribution in [3.05, 3.63) is 60.2 Å². The van der Waals surface area contributed by atoms with Crippen LogP contribution in [0.2, 0.25) is 0 Å². The van der Waals surface area contributed by atoms with Gasteiger partial charge in [-0.15, -0.1) is 12.4 Å². The maximum Gasteiger partial charge on any atom is 0.241 e. The van der Waals surface area contributed by atoms with Crippen molar-refractivity contribution in [2.45, 2.75) is 44.2 Å². The number of ether oxygens (including phenoxy) is 1. The summed E-state index contributed by atoms with van der Waals surface area (Å²) in [6, 6.07) is 16.8. The average Bonchev–Trinajstić information content (AvgIpc) is 3.09. The third-order valence-electron chi connectivity index (χ3n) is 4.34. The normalized spacial score (nSPS) is 15.2. The van der Waals surface area contributed by atoms with Crippen molar-refractivity contribution in [2.24, 2.45) is 5.73 Å². The van der Waals surface area contributed by atoms with Gasteiger partial charge in [0.2, 0.25) is 5.91 Å².